The van der Waals surface area contributed by atoms with E-state index >= 15 is 0 Å². The van der Waals surface area contributed by atoms with Gasteiger partial charge >= 0.3 is 6.61 Å². The Balaban J connectivity index is 0.00000261. The first kappa shape index (κ1) is 21.4. The number of hydrogen-bond donors (Lipinski definition) is 2. The molecule has 1 saturated heterocycles. The van der Waals surface area contributed by atoms with E-state index in [9.17, 15) is 13.6 Å². The van der Waals surface area contributed by atoms with Crippen molar-refractivity contribution in [2.24, 2.45) is 13.0 Å². The van der Waals surface area contributed by atoms with Crippen LogP contribution in [0.3, 0.4) is 0 Å². The smallest absolute Gasteiger partial charge is 0.387 e. The van der Waals surface area contributed by atoms with Gasteiger partial charge in [0, 0.05) is 49.4 Å². The Labute approximate surface area is 166 Å². The molecule has 0 radical (unpaired) electrons. The van der Waals surface area contributed by atoms with Crippen LogP contribution < -0.4 is 15.4 Å². The van der Waals surface area contributed by atoms with Crippen molar-refractivity contribution < 1.29 is 18.3 Å². The van der Waals surface area contributed by atoms with Gasteiger partial charge < -0.3 is 15.4 Å². The van der Waals surface area contributed by atoms with E-state index in [1.807, 2.05) is 13.2 Å². The third-order valence-electron chi connectivity index (χ3n) is 4.40. The third-order valence-corrected chi connectivity index (χ3v) is 4.63. The third kappa shape index (κ3) is 5.31. The van der Waals surface area contributed by atoms with Crippen molar-refractivity contribution >= 4 is 29.9 Å². The Kier molecular flexibility index (Phi) is 7.41. The summed E-state index contributed by atoms with van der Waals surface area (Å²) in [5, 5.41) is 10.5. The number of amides is 1. The van der Waals surface area contributed by atoms with Crippen molar-refractivity contribution in [2.75, 3.05) is 13.1 Å². The molecular weight excluding hydrogens is 401 g/mol. The van der Waals surface area contributed by atoms with Crippen molar-refractivity contribution in [3.63, 3.8) is 0 Å². The summed E-state index contributed by atoms with van der Waals surface area (Å²) in [4.78, 5) is 12.6. The Hall–Kier alpha value is -1.90. The second-order valence-electron chi connectivity index (χ2n) is 6.17. The number of carbonyl (C=O) groups is 1. The lowest BCUT2D eigenvalue weighted by Crippen LogP contribution is -2.34. The summed E-state index contributed by atoms with van der Waals surface area (Å²) in [6.45, 7) is -1.67. The molecule has 2 N–H and O–H groups in total. The molecule has 6 nitrogen and oxygen atoms in total. The molecule has 1 aliphatic rings. The Morgan fingerprint density at radius 2 is 2.26 bits per heavy atom. The number of benzene rings is 1. The zero-order chi connectivity index (χ0) is 18.7. The van der Waals surface area contributed by atoms with Gasteiger partial charge in [0.25, 0.3) is 0 Å². The summed E-state index contributed by atoms with van der Waals surface area (Å²) in [6, 6.07) is 4.33. The van der Waals surface area contributed by atoms with Crippen molar-refractivity contribution in [3.8, 4) is 5.75 Å². The molecule has 10 heteroatoms. The Morgan fingerprint density at radius 1 is 1.48 bits per heavy atom. The standard InChI is InChI=1S/C17H19ClF2N4O2.ClH/c1-24-9-11(6-23-24)13-7-21-8-14(13)16(25)22-5-10-4-12(18)2-3-15(10)26-17(19)20;/h2-4,6,9,13-14,17,21H,5,7-8H2,1H3,(H,22,25);1H/t13-,14+;/m1./s1. The molecule has 0 bridgehead atoms. The summed E-state index contributed by atoms with van der Waals surface area (Å²) in [5.74, 6) is -0.414. The molecule has 0 spiro atoms. The van der Waals surface area contributed by atoms with Gasteiger partial charge in [0.2, 0.25) is 5.91 Å². The number of aryl methyl sites for hydroxylation is 1. The van der Waals surface area contributed by atoms with Crippen LogP contribution >= 0.6 is 24.0 Å². The van der Waals surface area contributed by atoms with Gasteiger partial charge in [-0.1, -0.05) is 11.6 Å². The molecule has 0 unspecified atom stereocenters. The van der Waals surface area contributed by atoms with Crippen LogP contribution in [0.25, 0.3) is 0 Å². The first-order valence-corrected chi connectivity index (χ1v) is 8.52. The number of nitrogens with one attached hydrogen (secondary N) is 2. The molecule has 148 valence electrons. The SMILES string of the molecule is Cl.Cn1cc([C@H]2CNC[C@@H]2C(=O)NCc2cc(Cl)ccc2OC(F)F)cn1. The number of rotatable bonds is 6. The maximum absolute atomic E-state index is 12.6. The van der Waals surface area contributed by atoms with Crippen LogP contribution in [0.5, 0.6) is 5.75 Å². The lowest BCUT2D eigenvalue weighted by molar-refractivity contribution is -0.125. The quantitative estimate of drug-likeness (QED) is 0.753. The fourth-order valence-corrected chi connectivity index (χ4v) is 3.34. The highest BCUT2D eigenvalue weighted by Crippen LogP contribution is 2.29. The monoisotopic (exact) mass is 420 g/mol. The topological polar surface area (TPSA) is 68.2 Å². The highest BCUT2D eigenvalue weighted by atomic mass is 35.5. The van der Waals surface area contributed by atoms with Crippen molar-refractivity contribution in [1.82, 2.24) is 20.4 Å². The molecule has 0 aliphatic carbocycles. The summed E-state index contributed by atoms with van der Waals surface area (Å²) >= 11 is 5.93. The van der Waals surface area contributed by atoms with Crippen LogP contribution in [-0.4, -0.2) is 35.4 Å². The molecule has 2 atom stereocenters. The molecule has 0 saturated carbocycles. The van der Waals surface area contributed by atoms with E-state index in [1.54, 1.807) is 10.9 Å². The summed E-state index contributed by atoms with van der Waals surface area (Å²) in [7, 11) is 1.82. The largest absolute Gasteiger partial charge is 0.434 e. The van der Waals surface area contributed by atoms with E-state index in [1.165, 1.54) is 18.2 Å². The molecule has 1 aliphatic heterocycles. The second kappa shape index (κ2) is 9.34. The zero-order valence-electron chi connectivity index (χ0n) is 14.5. The number of hydrogen-bond acceptors (Lipinski definition) is 4. The van der Waals surface area contributed by atoms with Crippen LogP contribution in [0.15, 0.2) is 30.6 Å². The van der Waals surface area contributed by atoms with E-state index in [4.69, 9.17) is 11.6 Å². The van der Waals surface area contributed by atoms with E-state index in [2.05, 4.69) is 20.5 Å². The lowest BCUT2D eigenvalue weighted by Gasteiger charge is -2.18. The van der Waals surface area contributed by atoms with Gasteiger partial charge in [-0.05, 0) is 23.8 Å². The molecule has 2 heterocycles. The van der Waals surface area contributed by atoms with Crippen molar-refractivity contribution in [1.29, 1.82) is 0 Å². The van der Waals surface area contributed by atoms with Crippen LogP contribution in [0.4, 0.5) is 8.78 Å². The Morgan fingerprint density at radius 3 is 2.93 bits per heavy atom. The van der Waals surface area contributed by atoms with E-state index < -0.39 is 6.61 Å². The number of alkyl halides is 2. The molecule has 1 amide bonds. The van der Waals surface area contributed by atoms with Gasteiger partial charge in [0.1, 0.15) is 5.75 Å². The number of nitrogens with zero attached hydrogens (tertiary/aromatic N) is 2. The molecule has 1 aromatic heterocycles. The van der Waals surface area contributed by atoms with Crippen LogP contribution in [0, 0.1) is 5.92 Å². The summed E-state index contributed by atoms with van der Waals surface area (Å²) in [6.07, 6.45) is 3.65. The van der Waals surface area contributed by atoms with Crippen molar-refractivity contribution in [3.05, 3.63) is 46.7 Å². The van der Waals surface area contributed by atoms with Gasteiger partial charge in [0.05, 0.1) is 12.1 Å². The first-order valence-electron chi connectivity index (χ1n) is 8.14. The maximum Gasteiger partial charge on any atom is 0.387 e. The van der Waals surface area contributed by atoms with Crippen molar-refractivity contribution in [2.45, 2.75) is 19.1 Å². The van der Waals surface area contributed by atoms with E-state index in [-0.39, 0.29) is 42.4 Å². The number of halogens is 4. The van der Waals surface area contributed by atoms with E-state index in [0.29, 0.717) is 23.7 Å². The van der Waals surface area contributed by atoms with Crippen LogP contribution in [-0.2, 0) is 18.4 Å². The minimum Gasteiger partial charge on any atom is -0.434 e. The molecule has 2 aromatic rings. The second-order valence-corrected chi connectivity index (χ2v) is 6.60. The normalized spacial score (nSPS) is 19.0. The molecular formula is C17H20Cl2F2N4O2. The predicted molar refractivity (Wildman–Crippen MR) is 99.5 cm³/mol. The zero-order valence-corrected chi connectivity index (χ0v) is 16.1. The maximum atomic E-state index is 12.6. The van der Waals surface area contributed by atoms with Gasteiger partial charge in [0.15, 0.2) is 0 Å². The molecule has 1 aromatic carbocycles. The average Bonchev–Trinajstić information content (AvgIpc) is 3.23. The number of aromatic nitrogens is 2. The highest BCUT2D eigenvalue weighted by molar-refractivity contribution is 6.30. The van der Waals surface area contributed by atoms with E-state index in [0.717, 1.165) is 5.56 Å². The van der Waals surface area contributed by atoms with Gasteiger partial charge in [-0.25, -0.2) is 0 Å². The fourth-order valence-electron chi connectivity index (χ4n) is 3.15. The molecule has 27 heavy (non-hydrogen) atoms. The number of carbonyl (C=O) groups excluding carboxylic acids is 1. The highest BCUT2D eigenvalue weighted by Gasteiger charge is 2.34. The lowest BCUT2D eigenvalue weighted by atomic mass is 9.90. The van der Waals surface area contributed by atoms with Crippen LogP contribution in [0.1, 0.15) is 17.0 Å². The summed E-state index contributed by atoms with van der Waals surface area (Å²) < 4.78 is 31.2. The van der Waals surface area contributed by atoms with Gasteiger partial charge in [-0.2, -0.15) is 13.9 Å². The van der Waals surface area contributed by atoms with Gasteiger partial charge in [-0.15, -0.1) is 12.4 Å². The molecule has 1 fully saturated rings. The van der Waals surface area contributed by atoms with Gasteiger partial charge in [-0.3, -0.25) is 9.48 Å². The number of ether oxygens (including phenoxy) is 1. The summed E-state index contributed by atoms with van der Waals surface area (Å²) in [5.41, 5.74) is 1.39. The fraction of sp³-hybridized carbons (Fsp3) is 0.412. The molecule has 3 rings (SSSR count). The Bertz CT molecular complexity index is 788. The average molecular weight is 421 g/mol. The predicted octanol–water partition coefficient (Wildman–Crippen LogP) is 2.72. The minimum absolute atomic E-state index is 0. The minimum atomic E-state index is -2.94. The van der Waals surface area contributed by atoms with Crippen LogP contribution in [0.2, 0.25) is 5.02 Å². The first-order chi connectivity index (χ1) is 12.4.